The molecule has 0 saturated carbocycles. The summed E-state index contributed by atoms with van der Waals surface area (Å²) in [6.45, 7) is 0. The van der Waals surface area contributed by atoms with Crippen LogP contribution in [0.15, 0.2) is 212 Å². The Balaban J connectivity index is 1.17. The molecule has 12 aromatic rings. The molecule has 0 bridgehead atoms. The molecular formula is C56H35NS2. The number of hydrogen-bond acceptors (Lipinski definition) is 3. The van der Waals surface area contributed by atoms with Gasteiger partial charge in [-0.25, -0.2) is 0 Å². The van der Waals surface area contributed by atoms with E-state index in [2.05, 4.69) is 217 Å². The summed E-state index contributed by atoms with van der Waals surface area (Å²) in [6.07, 6.45) is 0. The molecule has 0 saturated heterocycles. The Labute approximate surface area is 350 Å². The third-order valence-electron chi connectivity index (χ3n) is 11.9. The number of thiophene rings is 2. The van der Waals surface area contributed by atoms with Crippen molar-refractivity contribution < 1.29 is 0 Å². The summed E-state index contributed by atoms with van der Waals surface area (Å²) in [7, 11) is 0. The highest BCUT2D eigenvalue weighted by atomic mass is 32.1. The smallest absolute Gasteiger partial charge is 0.0625 e. The zero-order valence-corrected chi connectivity index (χ0v) is 33.6. The molecule has 2 heterocycles. The Morgan fingerprint density at radius 3 is 1.64 bits per heavy atom. The second kappa shape index (κ2) is 13.8. The molecule has 0 atom stereocenters. The fourth-order valence-electron chi connectivity index (χ4n) is 9.30. The Hall–Kier alpha value is -7.04. The third-order valence-corrected chi connectivity index (χ3v) is 14.2. The fraction of sp³-hybridized carbons (Fsp3) is 0. The number of fused-ring (bicyclic) bond motifs is 9. The van der Waals surface area contributed by atoms with Gasteiger partial charge in [0.15, 0.2) is 0 Å². The lowest BCUT2D eigenvalue weighted by Gasteiger charge is -2.32. The molecule has 59 heavy (non-hydrogen) atoms. The summed E-state index contributed by atoms with van der Waals surface area (Å²) in [4.78, 5) is 2.54. The van der Waals surface area contributed by atoms with E-state index in [0.29, 0.717) is 0 Å². The van der Waals surface area contributed by atoms with Crippen molar-refractivity contribution in [2.24, 2.45) is 0 Å². The van der Waals surface area contributed by atoms with Crippen LogP contribution in [0, 0.1) is 0 Å². The van der Waals surface area contributed by atoms with Crippen LogP contribution in [0.4, 0.5) is 17.1 Å². The van der Waals surface area contributed by atoms with Crippen LogP contribution in [0.2, 0.25) is 0 Å². The van der Waals surface area contributed by atoms with E-state index in [1.54, 1.807) is 0 Å². The first-order valence-electron chi connectivity index (χ1n) is 20.1. The molecule has 0 unspecified atom stereocenters. The summed E-state index contributed by atoms with van der Waals surface area (Å²) < 4.78 is 5.24. The predicted octanol–water partition coefficient (Wildman–Crippen LogP) is 17.2. The van der Waals surface area contributed by atoms with Gasteiger partial charge in [-0.15, -0.1) is 22.7 Å². The van der Waals surface area contributed by atoms with Crippen molar-refractivity contribution >= 4 is 102 Å². The maximum atomic E-state index is 2.54. The van der Waals surface area contributed by atoms with Crippen molar-refractivity contribution in [2.75, 3.05) is 4.90 Å². The van der Waals surface area contributed by atoms with Crippen LogP contribution in [0.5, 0.6) is 0 Å². The minimum atomic E-state index is 1.10. The molecule has 0 radical (unpaired) electrons. The van der Waals surface area contributed by atoms with Gasteiger partial charge in [-0.05, 0) is 69.2 Å². The first-order chi connectivity index (χ1) is 29.3. The maximum Gasteiger partial charge on any atom is 0.0625 e. The quantitative estimate of drug-likeness (QED) is 0.152. The second-order valence-corrected chi connectivity index (χ2v) is 17.3. The van der Waals surface area contributed by atoms with Gasteiger partial charge in [-0.3, -0.25) is 0 Å². The minimum absolute atomic E-state index is 1.10. The molecule has 0 aliphatic carbocycles. The average Bonchev–Trinajstić information content (AvgIpc) is 3.89. The van der Waals surface area contributed by atoms with Crippen molar-refractivity contribution in [3.8, 4) is 33.4 Å². The van der Waals surface area contributed by atoms with Crippen molar-refractivity contribution in [1.82, 2.24) is 0 Å². The third kappa shape index (κ3) is 5.43. The van der Waals surface area contributed by atoms with Gasteiger partial charge in [0.25, 0.3) is 0 Å². The van der Waals surface area contributed by atoms with Gasteiger partial charge in [0.05, 0.1) is 11.4 Å². The van der Waals surface area contributed by atoms with E-state index in [-0.39, 0.29) is 0 Å². The molecule has 0 fully saturated rings. The van der Waals surface area contributed by atoms with Crippen molar-refractivity contribution in [2.45, 2.75) is 0 Å². The fourth-order valence-corrected chi connectivity index (χ4v) is 11.7. The summed E-state index contributed by atoms with van der Waals surface area (Å²) in [5.41, 5.74) is 10.7. The molecule has 1 nitrogen and oxygen atoms in total. The molecule has 12 rings (SSSR count). The minimum Gasteiger partial charge on any atom is -0.309 e. The molecule has 0 amide bonds. The lowest BCUT2D eigenvalue weighted by Crippen LogP contribution is -2.13. The molecule has 2 aromatic heterocycles. The van der Waals surface area contributed by atoms with Crippen LogP contribution in [-0.2, 0) is 0 Å². The molecule has 0 aliphatic heterocycles. The van der Waals surface area contributed by atoms with Crippen LogP contribution in [0.3, 0.4) is 0 Å². The maximum absolute atomic E-state index is 2.54. The predicted molar refractivity (Wildman–Crippen MR) is 258 cm³/mol. The molecule has 276 valence electrons. The van der Waals surface area contributed by atoms with E-state index in [4.69, 9.17) is 0 Å². The van der Waals surface area contributed by atoms with E-state index in [1.165, 1.54) is 101 Å². The van der Waals surface area contributed by atoms with E-state index in [0.717, 1.165) is 11.4 Å². The monoisotopic (exact) mass is 785 g/mol. The van der Waals surface area contributed by atoms with Crippen molar-refractivity contribution in [3.05, 3.63) is 212 Å². The number of para-hydroxylation sites is 1. The topological polar surface area (TPSA) is 3.24 Å². The number of rotatable bonds is 6. The van der Waals surface area contributed by atoms with E-state index >= 15 is 0 Å². The summed E-state index contributed by atoms with van der Waals surface area (Å²) in [6, 6.07) is 78.3. The lowest BCUT2D eigenvalue weighted by molar-refractivity contribution is 1.30. The van der Waals surface area contributed by atoms with Crippen molar-refractivity contribution in [1.29, 1.82) is 0 Å². The largest absolute Gasteiger partial charge is 0.309 e. The number of anilines is 3. The Morgan fingerprint density at radius 2 is 0.847 bits per heavy atom. The zero-order valence-electron chi connectivity index (χ0n) is 32.0. The van der Waals surface area contributed by atoms with E-state index in [1.807, 2.05) is 22.7 Å². The Morgan fingerprint density at radius 1 is 0.305 bits per heavy atom. The van der Waals surface area contributed by atoms with Gasteiger partial charge in [-0.1, -0.05) is 176 Å². The number of benzene rings is 10. The molecule has 0 N–H and O–H groups in total. The van der Waals surface area contributed by atoms with Crippen LogP contribution >= 0.6 is 22.7 Å². The van der Waals surface area contributed by atoms with Gasteiger partial charge in [0.2, 0.25) is 0 Å². The SMILES string of the molecule is c1ccc(-c2c(N(c3ccc(-c4cccc5sc6ccccc6c45)cc3)c3ccccc3-c3cccc4c3sc3ccccc34)c3ccccc3c3ccccc23)cc1. The van der Waals surface area contributed by atoms with Crippen molar-refractivity contribution in [3.63, 3.8) is 0 Å². The second-order valence-electron chi connectivity index (χ2n) is 15.1. The molecule has 10 aromatic carbocycles. The number of nitrogens with zero attached hydrogens (tertiary/aromatic N) is 1. The standard InChI is InChI=1S/C56H35NS2/c1-2-16-37(17-3-1)53-44-22-6-4-18-40(44)41-19-5-7-23-45(41)55(53)57(38-34-32-36(33-35-38)39-25-15-31-52-54(39)48-24-10-13-30-51(48)58-52)49-28-11-8-20-42(49)46-26-14-27-47-43-21-9-12-29-50(43)59-56(46)47/h1-35H. The first kappa shape index (κ1) is 34.0. The Kier molecular flexibility index (Phi) is 7.97. The first-order valence-corrected chi connectivity index (χ1v) is 21.7. The molecular weight excluding hydrogens is 751 g/mol. The van der Waals surface area contributed by atoms with E-state index in [9.17, 15) is 0 Å². The highest BCUT2D eigenvalue weighted by Gasteiger charge is 2.26. The average molecular weight is 786 g/mol. The van der Waals surface area contributed by atoms with Crippen LogP contribution in [0.25, 0.3) is 95.3 Å². The summed E-state index contributed by atoms with van der Waals surface area (Å²) >= 11 is 3.75. The van der Waals surface area contributed by atoms with Gasteiger partial charge in [-0.2, -0.15) is 0 Å². The molecule has 3 heteroatoms. The summed E-state index contributed by atoms with van der Waals surface area (Å²) in [5.74, 6) is 0. The normalized spacial score (nSPS) is 11.7. The van der Waals surface area contributed by atoms with Crippen LogP contribution < -0.4 is 4.90 Å². The van der Waals surface area contributed by atoms with Gasteiger partial charge in [0.1, 0.15) is 0 Å². The van der Waals surface area contributed by atoms with Gasteiger partial charge < -0.3 is 4.90 Å². The highest BCUT2D eigenvalue weighted by molar-refractivity contribution is 7.26. The zero-order chi connectivity index (χ0) is 38.9. The molecule has 0 spiro atoms. The van der Waals surface area contributed by atoms with Gasteiger partial charge >= 0.3 is 0 Å². The highest BCUT2D eigenvalue weighted by Crippen LogP contribution is 2.52. The van der Waals surface area contributed by atoms with E-state index < -0.39 is 0 Å². The van der Waals surface area contributed by atoms with Crippen LogP contribution in [0.1, 0.15) is 0 Å². The van der Waals surface area contributed by atoms with Gasteiger partial charge in [0, 0.05) is 68.1 Å². The molecule has 0 aliphatic rings. The number of hydrogen-bond donors (Lipinski definition) is 0. The summed E-state index contributed by atoms with van der Waals surface area (Å²) in [5, 5.41) is 10.2. The Bertz CT molecular complexity index is 3560. The lowest BCUT2D eigenvalue weighted by atomic mass is 9.89. The van der Waals surface area contributed by atoms with Crippen LogP contribution in [-0.4, -0.2) is 0 Å².